The summed E-state index contributed by atoms with van der Waals surface area (Å²) in [7, 11) is 0. The number of anilines is 1. The Morgan fingerprint density at radius 2 is 2.15 bits per heavy atom. The van der Waals surface area contributed by atoms with Crippen LogP contribution in [0, 0.1) is 15.9 Å². The first kappa shape index (κ1) is 17.7. The van der Waals surface area contributed by atoms with Crippen molar-refractivity contribution < 1.29 is 18.8 Å². The highest BCUT2D eigenvalue weighted by Gasteiger charge is 2.28. The third-order valence-electron chi connectivity index (χ3n) is 4.91. The van der Waals surface area contributed by atoms with Crippen LogP contribution in [-0.4, -0.2) is 40.3 Å². The zero-order valence-corrected chi connectivity index (χ0v) is 14.8. The largest absolute Gasteiger partial charge is 0.443 e. The van der Waals surface area contributed by atoms with E-state index in [0.29, 0.717) is 12.2 Å². The molecule has 1 saturated heterocycles. The molecule has 0 unspecified atom stereocenters. The van der Waals surface area contributed by atoms with E-state index >= 15 is 0 Å². The van der Waals surface area contributed by atoms with Gasteiger partial charge in [0.05, 0.1) is 18.8 Å². The van der Waals surface area contributed by atoms with Crippen molar-refractivity contribution in [3.05, 3.63) is 45.9 Å². The zero-order valence-electron chi connectivity index (χ0n) is 14.8. The summed E-state index contributed by atoms with van der Waals surface area (Å²) in [6.45, 7) is 2.70. The van der Waals surface area contributed by atoms with Gasteiger partial charge in [0.1, 0.15) is 24.7 Å². The van der Waals surface area contributed by atoms with Crippen LogP contribution in [0.3, 0.4) is 0 Å². The van der Waals surface area contributed by atoms with E-state index in [2.05, 4.69) is 9.88 Å². The molecule has 0 N–H and O–H groups in total. The Morgan fingerprint density at radius 1 is 1.33 bits per heavy atom. The summed E-state index contributed by atoms with van der Waals surface area (Å²) < 4.78 is 27.3. The monoisotopic (exact) mass is 376 g/mol. The first-order chi connectivity index (χ1) is 13.1. The molecule has 1 fully saturated rings. The maximum Gasteiger partial charge on any atom is 0.414 e. The Labute approximate surface area is 155 Å². The molecule has 1 atom stereocenters. The fraction of sp³-hybridized carbons (Fsp3) is 0.500. The van der Waals surface area contributed by atoms with Gasteiger partial charge in [-0.3, -0.25) is 4.57 Å². The molecule has 144 valence electrons. The summed E-state index contributed by atoms with van der Waals surface area (Å²) in [5.41, 5.74) is 1.39. The molecule has 3 heterocycles. The van der Waals surface area contributed by atoms with Crippen LogP contribution in [0.5, 0.6) is 6.01 Å². The van der Waals surface area contributed by atoms with Gasteiger partial charge in [0.25, 0.3) is 0 Å². The maximum atomic E-state index is 14.5. The first-order valence-electron chi connectivity index (χ1n) is 9.09. The molecule has 2 aliphatic heterocycles. The van der Waals surface area contributed by atoms with Crippen LogP contribution in [0.1, 0.15) is 24.8 Å². The Bertz CT molecular complexity index is 835. The highest BCUT2D eigenvalue weighted by molar-refractivity contribution is 5.49. The predicted molar refractivity (Wildman–Crippen MR) is 95.4 cm³/mol. The normalized spacial score (nSPS) is 19.4. The fourth-order valence-electron chi connectivity index (χ4n) is 3.51. The van der Waals surface area contributed by atoms with Gasteiger partial charge in [-0.05, 0) is 41.9 Å². The lowest BCUT2D eigenvalue weighted by Gasteiger charge is -2.29. The zero-order chi connectivity index (χ0) is 18.8. The smallest absolute Gasteiger partial charge is 0.414 e. The number of hydrogen-bond acceptors (Lipinski definition) is 6. The summed E-state index contributed by atoms with van der Waals surface area (Å²) in [5.74, 6) is -0.480. The Kier molecular flexibility index (Phi) is 4.93. The highest BCUT2D eigenvalue weighted by atomic mass is 19.1. The number of hydrogen-bond donors (Lipinski definition) is 0. The van der Waals surface area contributed by atoms with Crippen molar-refractivity contribution in [2.24, 2.45) is 0 Å². The number of piperidine rings is 1. The lowest BCUT2D eigenvalue weighted by Crippen LogP contribution is -2.32. The lowest BCUT2D eigenvalue weighted by molar-refractivity contribution is -0.389. The molecular weight excluding hydrogens is 355 g/mol. The number of aromatic nitrogens is 2. The number of imidazole rings is 1. The second-order valence-corrected chi connectivity index (χ2v) is 6.87. The first-order valence-corrected chi connectivity index (χ1v) is 9.09. The SMILES string of the molecule is O=[N+]([O-])c1cn2c(n1)OC[C@@H](OCc1ccc(N3CCCCC3)c(F)c1)C2. The number of ether oxygens (including phenoxy) is 2. The van der Waals surface area contributed by atoms with Gasteiger partial charge in [-0.1, -0.05) is 6.07 Å². The summed E-state index contributed by atoms with van der Waals surface area (Å²) in [4.78, 5) is 16.1. The van der Waals surface area contributed by atoms with Gasteiger partial charge >= 0.3 is 11.8 Å². The minimum Gasteiger partial charge on any atom is -0.443 e. The Hall–Kier alpha value is -2.68. The summed E-state index contributed by atoms with van der Waals surface area (Å²) in [5, 5.41) is 10.8. The van der Waals surface area contributed by atoms with Crippen molar-refractivity contribution in [2.75, 3.05) is 24.6 Å². The van der Waals surface area contributed by atoms with Crippen molar-refractivity contribution in [2.45, 2.75) is 38.5 Å². The molecule has 2 aliphatic rings. The third kappa shape index (κ3) is 3.87. The molecule has 27 heavy (non-hydrogen) atoms. The van der Waals surface area contributed by atoms with Gasteiger partial charge in [-0.15, -0.1) is 0 Å². The molecule has 1 aromatic carbocycles. The van der Waals surface area contributed by atoms with Gasteiger partial charge < -0.3 is 24.5 Å². The van der Waals surface area contributed by atoms with E-state index in [0.717, 1.165) is 31.5 Å². The average Bonchev–Trinajstić information content (AvgIpc) is 3.11. The minimum atomic E-state index is -0.558. The van der Waals surface area contributed by atoms with Crippen molar-refractivity contribution >= 4 is 11.5 Å². The van der Waals surface area contributed by atoms with E-state index in [-0.39, 0.29) is 37.0 Å². The molecule has 0 spiro atoms. The van der Waals surface area contributed by atoms with Crippen molar-refractivity contribution in [3.63, 3.8) is 0 Å². The molecular formula is C18H21FN4O4. The molecule has 9 heteroatoms. The topological polar surface area (TPSA) is 82.7 Å². The van der Waals surface area contributed by atoms with Crippen LogP contribution < -0.4 is 9.64 Å². The molecule has 2 aromatic rings. The maximum absolute atomic E-state index is 14.5. The number of benzene rings is 1. The predicted octanol–water partition coefficient (Wildman–Crippen LogP) is 2.90. The van der Waals surface area contributed by atoms with Gasteiger partial charge in [0.2, 0.25) is 0 Å². The van der Waals surface area contributed by atoms with Gasteiger partial charge in [-0.25, -0.2) is 4.39 Å². The summed E-state index contributed by atoms with van der Waals surface area (Å²) in [6, 6.07) is 5.43. The van der Waals surface area contributed by atoms with E-state index in [1.165, 1.54) is 18.7 Å². The standard InChI is InChI=1S/C18H21FN4O4/c19-15-8-13(4-5-16(15)21-6-2-1-3-7-21)11-26-14-9-22-10-17(23(24)25)20-18(22)27-12-14/h4-5,8,10,14H,1-3,6-7,9,11-12H2/t14-/m0/s1. The molecule has 0 aliphatic carbocycles. The van der Waals surface area contributed by atoms with Crippen molar-refractivity contribution in [3.8, 4) is 6.01 Å². The second-order valence-electron chi connectivity index (χ2n) is 6.87. The number of nitrogens with zero attached hydrogens (tertiary/aromatic N) is 4. The molecule has 8 nitrogen and oxygen atoms in total. The van der Waals surface area contributed by atoms with E-state index < -0.39 is 4.92 Å². The summed E-state index contributed by atoms with van der Waals surface area (Å²) >= 11 is 0. The van der Waals surface area contributed by atoms with Crippen LogP contribution in [-0.2, 0) is 17.9 Å². The van der Waals surface area contributed by atoms with Gasteiger partial charge in [0, 0.05) is 18.1 Å². The highest BCUT2D eigenvalue weighted by Crippen LogP contribution is 2.26. The Balaban J connectivity index is 1.36. The van der Waals surface area contributed by atoms with Crippen LogP contribution >= 0.6 is 0 Å². The number of fused-ring (bicyclic) bond motifs is 1. The van der Waals surface area contributed by atoms with Crippen molar-refractivity contribution in [1.82, 2.24) is 9.55 Å². The van der Waals surface area contributed by atoms with Crippen LogP contribution in [0.4, 0.5) is 15.9 Å². The van der Waals surface area contributed by atoms with E-state index in [1.807, 2.05) is 12.1 Å². The number of rotatable bonds is 5. The third-order valence-corrected chi connectivity index (χ3v) is 4.91. The average molecular weight is 376 g/mol. The number of halogens is 1. The van der Waals surface area contributed by atoms with Gasteiger partial charge in [0.15, 0.2) is 0 Å². The van der Waals surface area contributed by atoms with Crippen LogP contribution in [0.2, 0.25) is 0 Å². The molecule has 1 aromatic heterocycles. The molecule has 0 saturated carbocycles. The van der Waals surface area contributed by atoms with E-state index in [4.69, 9.17) is 9.47 Å². The van der Waals surface area contributed by atoms with E-state index in [9.17, 15) is 14.5 Å². The molecule has 0 radical (unpaired) electrons. The minimum absolute atomic E-state index is 0.221. The number of nitro groups is 1. The summed E-state index contributed by atoms with van der Waals surface area (Å²) in [6.07, 6.45) is 4.45. The molecule has 4 rings (SSSR count). The van der Waals surface area contributed by atoms with Crippen LogP contribution in [0.25, 0.3) is 0 Å². The fourth-order valence-corrected chi connectivity index (χ4v) is 3.51. The molecule has 0 bridgehead atoms. The quantitative estimate of drug-likeness (QED) is 0.589. The second kappa shape index (κ2) is 7.51. The van der Waals surface area contributed by atoms with Crippen LogP contribution in [0.15, 0.2) is 24.4 Å². The van der Waals surface area contributed by atoms with E-state index in [1.54, 1.807) is 4.57 Å². The molecule has 0 amide bonds. The van der Waals surface area contributed by atoms with Crippen molar-refractivity contribution in [1.29, 1.82) is 0 Å². The lowest BCUT2D eigenvalue weighted by atomic mass is 10.1. The Morgan fingerprint density at radius 3 is 2.89 bits per heavy atom. The van der Waals surface area contributed by atoms with Gasteiger partial charge in [-0.2, -0.15) is 0 Å².